The highest BCUT2D eigenvalue weighted by molar-refractivity contribution is 6.32. The monoisotopic (exact) mass is 279 g/mol. The molecule has 0 atom stereocenters. The molecule has 0 heterocycles. The van der Waals surface area contributed by atoms with Gasteiger partial charge in [0.15, 0.2) is 5.75 Å². The second kappa shape index (κ2) is 5.16. The SMILES string of the molecule is COc1ccc(-c2ccc(O)c([N+](=O)[O-])c2)cc1Cl. The summed E-state index contributed by atoms with van der Waals surface area (Å²) in [6.07, 6.45) is 0. The summed E-state index contributed by atoms with van der Waals surface area (Å²) in [5.41, 5.74) is 0.951. The molecule has 0 amide bonds. The van der Waals surface area contributed by atoms with E-state index >= 15 is 0 Å². The molecule has 98 valence electrons. The Labute approximate surface area is 114 Å². The molecule has 2 rings (SSSR count). The summed E-state index contributed by atoms with van der Waals surface area (Å²) < 4.78 is 5.04. The number of aromatic hydroxyl groups is 1. The van der Waals surface area contributed by atoms with Gasteiger partial charge in [0.05, 0.1) is 17.1 Å². The van der Waals surface area contributed by atoms with Gasteiger partial charge in [0.1, 0.15) is 5.75 Å². The van der Waals surface area contributed by atoms with Crippen LogP contribution in [0.2, 0.25) is 5.02 Å². The Kier molecular flexibility index (Phi) is 3.57. The molecule has 0 radical (unpaired) electrons. The fraction of sp³-hybridized carbons (Fsp3) is 0.0769. The lowest BCUT2D eigenvalue weighted by Crippen LogP contribution is -1.90. The van der Waals surface area contributed by atoms with Gasteiger partial charge in [0, 0.05) is 6.07 Å². The highest BCUT2D eigenvalue weighted by Gasteiger charge is 2.14. The van der Waals surface area contributed by atoms with Crippen LogP contribution in [0.5, 0.6) is 11.5 Å². The minimum absolute atomic E-state index is 0.343. The van der Waals surface area contributed by atoms with Gasteiger partial charge in [0.25, 0.3) is 0 Å². The van der Waals surface area contributed by atoms with Crippen molar-refractivity contribution in [3.8, 4) is 22.6 Å². The molecule has 0 unspecified atom stereocenters. The first-order valence-corrected chi connectivity index (χ1v) is 5.72. The Hall–Kier alpha value is -2.27. The predicted molar refractivity (Wildman–Crippen MR) is 71.8 cm³/mol. The van der Waals surface area contributed by atoms with Gasteiger partial charge in [-0.1, -0.05) is 23.7 Å². The molecule has 2 aromatic rings. The molecule has 6 heteroatoms. The summed E-state index contributed by atoms with van der Waals surface area (Å²) in [6.45, 7) is 0. The van der Waals surface area contributed by atoms with Crippen molar-refractivity contribution in [2.75, 3.05) is 7.11 Å². The fourth-order valence-electron chi connectivity index (χ4n) is 1.70. The van der Waals surface area contributed by atoms with Crippen LogP contribution in [-0.4, -0.2) is 17.1 Å². The van der Waals surface area contributed by atoms with E-state index in [9.17, 15) is 15.2 Å². The van der Waals surface area contributed by atoms with Crippen LogP contribution in [0.15, 0.2) is 36.4 Å². The topological polar surface area (TPSA) is 72.6 Å². The zero-order valence-electron chi connectivity index (χ0n) is 9.96. The maximum atomic E-state index is 10.8. The van der Waals surface area contributed by atoms with Gasteiger partial charge >= 0.3 is 5.69 Å². The zero-order valence-corrected chi connectivity index (χ0v) is 10.7. The van der Waals surface area contributed by atoms with E-state index in [2.05, 4.69) is 0 Å². The van der Waals surface area contributed by atoms with E-state index in [4.69, 9.17) is 16.3 Å². The van der Waals surface area contributed by atoms with Crippen LogP contribution in [-0.2, 0) is 0 Å². The second-order valence-electron chi connectivity index (χ2n) is 3.81. The van der Waals surface area contributed by atoms with E-state index in [1.807, 2.05) is 0 Å². The average molecular weight is 280 g/mol. The Morgan fingerprint density at radius 3 is 2.42 bits per heavy atom. The molecule has 0 fully saturated rings. The summed E-state index contributed by atoms with van der Waals surface area (Å²) in [5, 5.41) is 20.6. The van der Waals surface area contributed by atoms with Crippen LogP contribution < -0.4 is 4.74 Å². The van der Waals surface area contributed by atoms with Gasteiger partial charge in [-0.05, 0) is 29.3 Å². The van der Waals surface area contributed by atoms with Crippen molar-refractivity contribution in [1.29, 1.82) is 0 Å². The highest BCUT2D eigenvalue weighted by Crippen LogP contribution is 2.34. The van der Waals surface area contributed by atoms with Crippen LogP contribution in [0.25, 0.3) is 11.1 Å². The lowest BCUT2D eigenvalue weighted by atomic mass is 10.0. The number of nitrogens with zero attached hydrogens (tertiary/aromatic N) is 1. The largest absolute Gasteiger partial charge is 0.502 e. The average Bonchev–Trinajstić information content (AvgIpc) is 2.38. The van der Waals surface area contributed by atoms with Crippen molar-refractivity contribution < 1.29 is 14.8 Å². The number of ether oxygens (including phenoxy) is 1. The molecule has 0 bridgehead atoms. The maximum absolute atomic E-state index is 10.8. The normalized spacial score (nSPS) is 10.2. The number of phenolic OH excluding ortho intramolecular Hbond substituents is 1. The molecule has 0 aliphatic carbocycles. The Bertz CT molecular complexity index is 643. The van der Waals surface area contributed by atoms with Crippen molar-refractivity contribution in [2.24, 2.45) is 0 Å². The number of benzene rings is 2. The molecular formula is C13H10ClNO4. The van der Waals surface area contributed by atoms with Crippen molar-refractivity contribution in [1.82, 2.24) is 0 Å². The first-order valence-electron chi connectivity index (χ1n) is 5.34. The molecule has 0 saturated heterocycles. The predicted octanol–water partition coefficient (Wildman–Crippen LogP) is 3.63. The van der Waals surface area contributed by atoms with Gasteiger partial charge in [0.2, 0.25) is 0 Å². The summed E-state index contributed by atoms with van der Waals surface area (Å²) in [7, 11) is 1.51. The van der Waals surface area contributed by atoms with Crippen LogP contribution in [0, 0.1) is 10.1 Å². The molecule has 1 N–H and O–H groups in total. The van der Waals surface area contributed by atoms with Crippen LogP contribution in [0.3, 0.4) is 0 Å². The Morgan fingerprint density at radius 2 is 1.84 bits per heavy atom. The number of halogens is 1. The molecule has 0 aliphatic rings. The van der Waals surface area contributed by atoms with Gasteiger partial charge in [-0.2, -0.15) is 0 Å². The highest BCUT2D eigenvalue weighted by atomic mass is 35.5. The van der Waals surface area contributed by atoms with Crippen LogP contribution in [0.4, 0.5) is 5.69 Å². The molecule has 5 nitrogen and oxygen atoms in total. The summed E-state index contributed by atoms with van der Waals surface area (Å²) in [5.74, 6) is 0.159. The minimum Gasteiger partial charge on any atom is -0.502 e. The first kappa shape index (κ1) is 13.2. The molecule has 0 aromatic heterocycles. The van der Waals surface area contributed by atoms with E-state index in [1.165, 1.54) is 19.2 Å². The summed E-state index contributed by atoms with van der Waals surface area (Å²) in [6, 6.07) is 9.23. The number of phenols is 1. The standard InChI is InChI=1S/C13H10ClNO4/c1-19-13-5-3-8(6-10(13)14)9-2-4-12(16)11(7-9)15(17)18/h2-7,16H,1H3. The zero-order chi connectivity index (χ0) is 14.0. The quantitative estimate of drug-likeness (QED) is 0.688. The third kappa shape index (κ3) is 2.61. The van der Waals surface area contributed by atoms with Crippen molar-refractivity contribution >= 4 is 17.3 Å². The van der Waals surface area contributed by atoms with E-state index in [0.29, 0.717) is 21.9 Å². The third-order valence-electron chi connectivity index (χ3n) is 2.66. The molecule has 0 saturated carbocycles. The maximum Gasteiger partial charge on any atom is 0.311 e. The number of hydrogen-bond acceptors (Lipinski definition) is 4. The van der Waals surface area contributed by atoms with Gasteiger partial charge in [-0.15, -0.1) is 0 Å². The van der Waals surface area contributed by atoms with E-state index in [-0.39, 0.29) is 11.4 Å². The van der Waals surface area contributed by atoms with E-state index < -0.39 is 4.92 Å². The van der Waals surface area contributed by atoms with Crippen LogP contribution in [0.1, 0.15) is 0 Å². The Morgan fingerprint density at radius 1 is 1.21 bits per heavy atom. The number of hydrogen-bond donors (Lipinski definition) is 1. The second-order valence-corrected chi connectivity index (χ2v) is 4.22. The summed E-state index contributed by atoms with van der Waals surface area (Å²) in [4.78, 5) is 10.1. The third-order valence-corrected chi connectivity index (χ3v) is 2.95. The smallest absolute Gasteiger partial charge is 0.311 e. The number of methoxy groups -OCH3 is 1. The fourth-order valence-corrected chi connectivity index (χ4v) is 1.95. The first-order chi connectivity index (χ1) is 9.02. The minimum atomic E-state index is -0.635. The van der Waals surface area contributed by atoms with Gasteiger partial charge < -0.3 is 9.84 Å². The van der Waals surface area contributed by atoms with Crippen molar-refractivity contribution in [2.45, 2.75) is 0 Å². The van der Waals surface area contributed by atoms with Crippen molar-refractivity contribution in [3.63, 3.8) is 0 Å². The van der Waals surface area contributed by atoms with E-state index in [0.717, 1.165) is 0 Å². The van der Waals surface area contributed by atoms with Gasteiger partial charge in [-0.25, -0.2) is 0 Å². The lowest BCUT2D eigenvalue weighted by Gasteiger charge is -2.06. The number of nitro benzene ring substituents is 1. The van der Waals surface area contributed by atoms with Gasteiger partial charge in [-0.3, -0.25) is 10.1 Å². The molecule has 0 aliphatic heterocycles. The molecular weight excluding hydrogens is 270 g/mol. The Balaban J connectivity index is 2.50. The molecule has 2 aromatic carbocycles. The molecule has 0 spiro atoms. The number of rotatable bonds is 3. The lowest BCUT2D eigenvalue weighted by molar-refractivity contribution is -0.385. The van der Waals surface area contributed by atoms with E-state index in [1.54, 1.807) is 24.3 Å². The molecule has 19 heavy (non-hydrogen) atoms. The number of nitro groups is 1. The van der Waals surface area contributed by atoms with Crippen molar-refractivity contribution in [3.05, 3.63) is 51.5 Å². The summed E-state index contributed by atoms with van der Waals surface area (Å²) >= 11 is 6.00. The van der Waals surface area contributed by atoms with Crippen LogP contribution >= 0.6 is 11.6 Å².